The standard InChI is InChI=1S/C18H18N4O2/c19-12-15-6-7-17(20-13-15)21-8-10-22(11-9-21)18(23)14-24-16-4-2-1-3-5-16/h1-7,13H,8-11,14H2. The van der Waals surface area contributed by atoms with E-state index in [1.807, 2.05) is 41.3 Å². The van der Waals surface area contributed by atoms with Gasteiger partial charge in [0.2, 0.25) is 0 Å². The maximum Gasteiger partial charge on any atom is 0.260 e. The molecule has 122 valence electrons. The Morgan fingerprint density at radius 1 is 1.12 bits per heavy atom. The van der Waals surface area contributed by atoms with Crippen LogP contribution in [0.1, 0.15) is 5.56 Å². The van der Waals surface area contributed by atoms with Crippen LogP contribution in [0.25, 0.3) is 0 Å². The molecule has 1 aromatic heterocycles. The molecule has 0 atom stereocenters. The fourth-order valence-corrected chi connectivity index (χ4v) is 2.58. The second-order valence-electron chi connectivity index (χ2n) is 5.49. The van der Waals surface area contributed by atoms with E-state index in [-0.39, 0.29) is 12.5 Å². The number of benzene rings is 1. The normalized spacial score (nSPS) is 14.1. The minimum Gasteiger partial charge on any atom is -0.484 e. The summed E-state index contributed by atoms with van der Waals surface area (Å²) in [5, 5.41) is 8.81. The van der Waals surface area contributed by atoms with Crippen molar-refractivity contribution in [1.82, 2.24) is 9.88 Å². The first kappa shape index (κ1) is 15.8. The Balaban J connectivity index is 1.49. The van der Waals surface area contributed by atoms with Crippen LogP contribution >= 0.6 is 0 Å². The number of amides is 1. The first-order valence-corrected chi connectivity index (χ1v) is 7.83. The lowest BCUT2D eigenvalue weighted by Gasteiger charge is -2.35. The van der Waals surface area contributed by atoms with Crippen molar-refractivity contribution in [3.63, 3.8) is 0 Å². The SMILES string of the molecule is N#Cc1ccc(N2CCN(C(=O)COc3ccccc3)CC2)nc1. The molecular weight excluding hydrogens is 304 g/mol. The van der Waals surface area contributed by atoms with Gasteiger partial charge in [0, 0.05) is 32.4 Å². The zero-order chi connectivity index (χ0) is 16.8. The van der Waals surface area contributed by atoms with E-state index in [0.29, 0.717) is 24.4 Å². The van der Waals surface area contributed by atoms with E-state index in [0.717, 1.165) is 18.9 Å². The highest BCUT2D eigenvalue weighted by atomic mass is 16.5. The predicted molar refractivity (Wildman–Crippen MR) is 89.7 cm³/mol. The zero-order valence-electron chi connectivity index (χ0n) is 13.3. The number of hydrogen-bond donors (Lipinski definition) is 0. The summed E-state index contributed by atoms with van der Waals surface area (Å²) in [6.07, 6.45) is 1.57. The molecular formula is C18H18N4O2. The van der Waals surface area contributed by atoms with Crippen molar-refractivity contribution in [3.05, 3.63) is 54.2 Å². The number of nitrogens with zero attached hydrogens (tertiary/aromatic N) is 4. The van der Waals surface area contributed by atoms with Gasteiger partial charge in [-0.05, 0) is 24.3 Å². The quantitative estimate of drug-likeness (QED) is 0.856. The first-order valence-electron chi connectivity index (χ1n) is 7.83. The number of carbonyl (C=O) groups excluding carboxylic acids is 1. The van der Waals surface area contributed by atoms with Crippen LogP contribution in [0.5, 0.6) is 5.75 Å². The molecule has 6 nitrogen and oxygen atoms in total. The van der Waals surface area contributed by atoms with E-state index in [2.05, 4.69) is 16.0 Å². The second kappa shape index (κ2) is 7.47. The summed E-state index contributed by atoms with van der Waals surface area (Å²) in [5.74, 6) is 1.53. The average Bonchev–Trinajstić information content (AvgIpc) is 2.67. The molecule has 0 radical (unpaired) electrons. The topological polar surface area (TPSA) is 69.5 Å². The van der Waals surface area contributed by atoms with E-state index in [4.69, 9.17) is 10.00 Å². The molecule has 0 bridgehead atoms. The third kappa shape index (κ3) is 3.82. The lowest BCUT2D eigenvalue weighted by atomic mass is 10.2. The van der Waals surface area contributed by atoms with Gasteiger partial charge in [-0.3, -0.25) is 4.79 Å². The van der Waals surface area contributed by atoms with Crippen LogP contribution in [-0.4, -0.2) is 48.6 Å². The highest BCUT2D eigenvalue weighted by Gasteiger charge is 2.22. The summed E-state index contributed by atoms with van der Waals surface area (Å²) in [5.41, 5.74) is 0.547. The maximum atomic E-state index is 12.2. The summed E-state index contributed by atoms with van der Waals surface area (Å²) in [6.45, 7) is 2.77. The van der Waals surface area contributed by atoms with Crippen LogP contribution in [0.2, 0.25) is 0 Å². The van der Waals surface area contributed by atoms with E-state index in [1.54, 1.807) is 12.3 Å². The molecule has 2 heterocycles. The monoisotopic (exact) mass is 322 g/mol. The van der Waals surface area contributed by atoms with Crippen LogP contribution in [0.4, 0.5) is 5.82 Å². The fourth-order valence-electron chi connectivity index (χ4n) is 2.58. The van der Waals surface area contributed by atoms with E-state index in [1.165, 1.54) is 0 Å². The summed E-state index contributed by atoms with van der Waals surface area (Å²) in [6, 6.07) is 15.0. The van der Waals surface area contributed by atoms with Crippen molar-refractivity contribution in [3.8, 4) is 11.8 Å². The molecule has 6 heteroatoms. The Hall–Kier alpha value is -3.07. The minimum absolute atomic E-state index is 0.00806. The molecule has 1 aliphatic rings. The Kier molecular flexibility index (Phi) is 4.92. The number of aromatic nitrogens is 1. The van der Waals surface area contributed by atoms with Gasteiger partial charge in [-0.1, -0.05) is 18.2 Å². The Labute approximate surface area is 140 Å². The lowest BCUT2D eigenvalue weighted by molar-refractivity contribution is -0.133. The third-order valence-corrected chi connectivity index (χ3v) is 3.94. The number of rotatable bonds is 4. The zero-order valence-corrected chi connectivity index (χ0v) is 13.3. The van der Waals surface area contributed by atoms with Crippen molar-refractivity contribution in [2.75, 3.05) is 37.7 Å². The van der Waals surface area contributed by atoms with Gasteiger partial charge in [0.1, 0.15) is 17.6 Å². The number of para-hydroxylation sites is 1. The van der Waals surface area contributed by atoms with Crippen LogP contribution < -0.4 is 9.64 Å². The summed E-state index contributed by atoms with van der Waals surface area (Å²) in [4.78, 5) is 20.4. The maximum absolute atomic E-state index is 12.2. The number of piperazine rings is 1. The third-order valence-electron chi connectivity index (χ3n) is 3.94. The molecule has 0 spiro atoms. The van der Waals surface area contributed by atoms with Crippen molar-refractivity contribution < 1.29 is 9.53 Å². The van der Waals surface area contributed by atoms with Gasteiger partial charge >= 0.3 is 0 Å². The molecule has 24 heavy (non-hydrogen) atoms. The summed E-state index contributed by atoms with van der Waals surface area (Å²) < 4.78 is 5.51. The van der Waals surface area contributed by atoms with Crippen molar-refractivity contribution in [2.24, 2.45) is 0 Å². The number of hydrogen-bond acceptors (Lipinski definition) is 5. The molecule has 1 aromatic carbocycles. The van der Waals surface area contributed by atoms with E-state index in [9.17, 15) is 4.79 Å². The number of carbonyl (C=O) groups is 1. The average molecular weight is 322 g/mol. The Morgan fingerprint density at radius 3 is 2.50 bits per heavy atom. The molecule has 1 saturated heterocycles. The largest absolute Gasteiger partial charge is 0.484 e. The number of nitriles is 1. The van der Waals surface area contributed by atoms with Gasteiger partial charge in [0.15, 0.2) is 6.61 Å². The van der Waals surface area contributed by atoms with Gasteiger partial charge < -0.3 is 14.5 Å². The number of anilines is 1. The molecule has 1 amide bonds. The van der Waals surface area contributed by atoms with Gasteiger partial charge in [0.25, 0.3) is 5.91 Å². The highest BCUT2D eigenvalue weighted by molar-refractivity contribution is 5.78. The number of ether oxygens (including phenoxy) is 1. The minimum atomic E-state index is -0.00806. The molecule has 0 unspecified atom stereocenters. The Morgan fingerprint density at radius 2 is 1.88 bits per heavy atom. The first-order chi connectivity index (χ1) is 11.8. The molecule has 0 N–H and O–H groups in total. The molecule has 1 aliphatic heterocycles. The molecule has 2 aromatic rings. The van der Waals surface area contributed by atoms with Crippen molar-refractivity contribution in [2.45, 2.75) is 0 Å². The number of pyridine rings is 1. The van der Waals surface area contributed by atoms with Gasteiger partial charge in [-0.25, -0.2) is 4.98 Å². The highest BCUT2D eigenvalue weighted by Crippen LogP contribution is 2.14. The van der Waals surface area contributed by atoms with E-state index >= 15 is 0 Å². The van der Waals surface area contributed by atoms with Crippen LogP contribution in [0.3, 0.4) is 0 Å². The van der Waals surface area contributed by atoms with Crippen LogP contribution in [0, 0.1) is 11.3 Å². The predicted octanol–water partition coefficient (Wildman–Crippen LogP) is 1.68. The van der Waals surface area contributed by atoms with Gasteiger partial charge in [0.05, 0.1) is 5.56 Å². The summed E-state index contributed by atoms with van der Waals surface area (Å²) >= 11 is 0. The molecule has 3 rings (SSSR count). The molecule has 0 saturated carbocycles. The van der Waals surface area contributed by atoms with Gasteiger partial charge in [-0.15, -0.1) is 0 Å². The smallest absolute Gasteiger partial charge is 0.260 e. The lowest BCUT2D eigenvalue weighted by Crippen LogP contribution is -2.50. The van der Waals surface area contributed by atoms with Gasteiger partial charge in [-0.2, -0.15) is 5.26 Å². The van der Waals surface area contributed by atoms with Crippen LogP contribution in [0.15, 0.2) is 48.7 Å². The summed E-state index contributed by atoms with van der Waals surface area (Å²) in [7, 11) is 0. The van der Waals surface area contributed by atoms with Crippen molar-refractivity contribution >= 4 is 11.7 Å². The molecule has 1 fully saturated rings. The molecule has 0 aliphatic carbocycles. The second-order valence-corrected chi connectivity index (χ2v) is 5.49. The fraction of sp³-hybridized carbons (Fsp3) is 0.278. The van der Waals surface area contributed by atoms with E-state index < -0.39 is 0 Å². The van der Waals surface area contributed by atoms with Crippen LogP contribution in [-0.2, 0) is 4.79 Å². The Bertz CT molecular complexity index is 717. The van der Waals surface area contributed by atoms with Crippen molar-refractivity contribution in [1.29, 1.82) is 5.26 Å².